The number of carbonyl (C=O) groups is 2. The van der Waals surface area contributed by atoms with E-state index in [1.54, 1.807) is 54.6 Å². The standard InChI is InChI=1S/C25H19F3N2O3/c1-15-10-12-18(13-11-15)29-23(31)20-21(16-6-5-7-17(14-16)25(26,27)28)30(33-22(20)24(29)32)19-8-3-2-4-9-19/h2-14,20-22H,1H3. The average Bonchev–Trinajstić information content (AvgIpc) is 3.31. The number of imide groups is 1. The molecule has 8 heteroatoms. The summed E-state index contributed by atoms with van der Waals surface area (Å²) in [6.45, 7) is 1.89. The summed E-state index contributed by atoms with van der Waals surface area (Å²) in [4.78, 5) is 33.8. The molecular formula is C25H19F3N2O3. The predicted octanol–water partition coefficient (Wildman–Crippen LogP) is 5.06. The Labute approximate surface area is 187 Å². The topological polar surface area (TPSA) is 49.9 Å². The first-order valence-corrected chi connectivity index (χ1v) is 10.4. The Bertz CT molecular complexity index is 1210. The summed E-state index contributed by atoms with van der Waals surface area (Å²) in [5, 5.41) is 1.38. The Morgan fingerprint density at radius 3 is 2.18 bits per heavy atom. The molecule has 2 aliphatic rings. The van der Waals surface area contributed by atoms with E-state index in [1.807, 2.05) is 6.92 Å². The van der Waals surface area contributed by atoms with Crippen molar-refractivity contribution in [3.63, 3.8) is 0 Å². The lowest BCUT2D eigenvalue weighted by Gasteiger charge is -2.29. The van der Waals surface area contributed by atoms with Gasteiger partial charge in [0.2, 0.25) is 5.91 Å². The number of aryl methyl sites for hydroxylation is 1. The first-order chi connectivity index (χ1) is 15.8. The molecule has 0 aromatic heterocycles. The second kappa shape index (κ2) is 7.74. The van der Waals surface area contributed by atoms with Gasteiger partial charge in [0.25, 0.3) is 5.91 Å². The molecule has 0 N–H and O–H groups in total. The van der Waals surface area contributed by atoms with Crippen LogP contribution >= 0.6 is 0 Å². The quantitative estimate of drug-likeness (QED) is 0.521. The van der Waals surface area contributed by atoms with E-state index >= 15 is 0 Å². The summed E-state index contributed by atoms with van der Waals surface area (Å²) >= 11 is 0. The fourth-order valence-electron chi connectivity index (χ4n) is 4.40. The zero-order valence-corrected chi connectivity index (χ0v) is 17.5. The maximum Gasteiger partial charge on any atom is 0.416 e. The van der Waals surface area contributed by atoms with Crippen molar-refractivity contribution in [1.29, 1.82) is 0 Å². The van der Waals surface area contributed by atoms with Gasteiger partial charge in [-0.1, -0.05) is 48.0 Å². The van der Waals surface area contributed by atoms with E-state index in [1.165, 1.54) is 17.2 Å². The van der Waals surface area contributed by atoms with Crippen molar-refractivity contribution in [3.05, 3.63) is 95.6 Å². The van der Waals surface area contributed by atoms with E-state index < -0.39 is 41.6 Å². The van der Waals surface area contributed by atoms with Gasteiger partial charge in [0, 0.05) is 0 Å². The molecule has 2 aliphatic heterocycles. The van der Waals surface area contributed by atoms with Crippen molar-refractivity contribution < 1.29 is 27.6 Å². The first kappa shape index (κ1) is 21.2. The monoisotopic (exact) mass is 452 g/mol. The third-order valence-electron chi connectivity index (χ3n) is 5.97. The van der Waals surface area contributed by atoms with Gasteiger partial charge in [0.05, 0.1) is 23.0 Å². The summed E-state index contributed by atoms with van der Waals surface area (Å²) < 4.78 is 40.3. The van der Waals surface area contributed by atoms with Gasteiger partial charge in [-0.15, -0.1) is 0 Å². The van der Waals surface area contributed by atoms with Crippen LogP contribution in [0.5, 0.6) is 0 Å². The third kappa shape index (κ3) is 3.56. The Morgan fingerprint density at radius 1 is 0.818 bits per heavy atom. The molecule has 0 radical (unpaired) electrons. The fourth-order valence-corrected chi connectivity index (χ4v) is 4.40. The number of alkyl halides is 3. The van der Waals surface area contributed by atoms with E-state index in [4.69, 9.17) is 4.84 Å². The second-order valence-electron chi connectivity index (χ2n) is 8.13. The molecule has 3 unspecified atom stereocenters. The van der Waals surface area contributed by atoms with Crippen molar-refractivity contribution in [1.82, 2.24) is 0 Å². The van der Waals surface area contributed by atoms with Gasteiger partial charge < -0.3 is 0 Å². The largest absolute Gasteiger partial charge is 0.416 e. The number of rotatable bonds is 3. The summed E-state index contributed by atoms with van der Waals surface area (Å²) in [5.74, 6) is -2.04. The van der Waals surface area contributed by atoms with Crippen molar-refractivity contribution >= 4 is 23.2 Å². The first-order valence-electron chi connectivity index (χ1n) is 10.4. The molecule has 0 aliphatic carbocycles. The van der Waals surface area contributed by atoms with Crippen LogP contribution in [0.25, 0.3) is 0 Å². The number of hydrogen-bond acceptors (Lipinski definition) is 4. The molecule has 5 rings (SSSR count). The molecule has 168 valence electrons. The van der Waals surface area contributed by atoms with Crippen LogP contribution in [0.4, 0.5) is 24.5 Å². The van der Waals surface area contributed by atoms with E-state index in [9.17, 15) is 22.8 Å². The minimum absolute atomic E-state index is 0.244. The van der Waals surface area contributed by atoms with Crippen molar-refractivity contribution in [2.75, 3.05) is 9.96 Å². The van der Waals surface area contributed by atoms with Crippen LogP contribution in [-0.2, 0) is 20.6 Å². The molecule has 2 heterocycles. The molecule has 3 aromatic carbocycles. The van der Waals surface area contributed by atoms with Crippen LogP contribution in [0, 0.1) is 12.8 Å². The maximum absolute atomic E-state index is 13.5. The number of benzene rings is 3. The number of fused-ring (bicyclic) bond motifs is 1. The molecular weight excluding hydrogens is 433 g/mol. The summed E-state index contributed by atoms with van der Waals surface area (Å²) in [6.07, 6.45) is -5.69. The number of hydrogen-bond donors (Lipinski definition) is 0. The fraction of sp³-hybridized carbons (Fsp3) is 0.200. The Kier molecular flexibility index (Phi) is 4.97. The minimum Gasteiger partial charge on any atom is -0.273 e. The van der Waals surface area contributed by atoms with Crippen LogP contribution in [0.15, 0.2) is 78.9 Å². The van der Waals surface area contributed by atoms with Gasteiger partial charge in [-0.3, -0.25) is 14.4 Å². The lowest BCUT2D eigenvalue weighted by atomic mass is 9.89. The number of nitrogens with zero attached hydrogens (tertiary/aromatic N) is 2. The van der Waals surface area contributed by atoms with Gasteiger partial charge in [0.1, 0.15) is 5.92 Å². The van der Waals surface area contributed by atoms with Crippen LogP contribution in [0.2, 0.25) is 0 Å². The van der Waals surface area contributed by atoms with Gasteiger partial charge in [-0.05, 0) is 48.9 Å². The van der Waals surface area contributed by atoms with Gasteiger partial charge >= 0.3 is 6.18 Å². The summed E-state index contributed by atoms with van der Waals surface area (Å²) in [6, 6.07) is 19.5. The Hall–Kier alpha value is -3.65. The summed E-state index contributed by atoms with van der Waals surface area (Å²) in [7, 11) is 0. The highest BCUT2D eigenvalue weighted by Gasteiger charge is 2.60. The van der Waals surface area contributed by atoms with Crippen LogP contribution in [0.3, 0.4) is 0 Å². The molecule has 3 aromatic rings. The van der Waals surface area contributed by atoms with Gasteiger partial charge in [-0.25, -0.2) is 9.96 Å². The zero-order valence-electron chi connectivity index (χ0n) is 17.5. The van der Waals surface area contributed by atoms with Crippen molar-refractivity contribution in [2.24, 2.45) is 5.92 Å². The molecule has 0 bridgehead atoms. The van der Waals surface area contributed by atoms with E-state index in [0.29, 0.717) is 11.4 Å². The van der Waals surface area contributed by atoms with E-state index in [-0.39, 0.29) is 5.56 Å². The number of para-hydroxylation sites is 1. The molecule has 33 heavy (non-hydrogen) atoms. The van der Waals surface area contributed by atoms with Crippen molar-refractivity contribution in [2.45, 2.75) is 25.2 Å². The molecule has 2 saturated heterocycles. The molecule has 0 saturated carbocycles. The molecule has 2 fully saturated rings. The van der Waals surface area contributed by atoms with Crippen molar-refractivity contribution in [3.8, 4) is 0 Å². The molecule has 5 nitrogen and oxygen atoms in total. The Balaban J connectivity index is 1.60. The highest BCUT2D eigenvalue weighted by Crippen LogP contribution is 2.48. The van der Waals surface area contributed by atoms with Crippen LogP contribution in [0.1, 0.15) is 22.7 Å². The summed E-state index contributed by atoms with van der Waals surface area (Å²) in [5.41, 5.74) is 1.32. The molecule has 3 atom stereocenters. The number of anilines is 2. The maximum atomic E-state index is 13.5. The number of amides is 2. The van der Waals surface area contributed by atoms with Gasteiger partial charge in [0.15, 0.2) is 6.10 Å². The van der Waals surface area contributed by atoms with Crippen LogP contribution in [-0.4, -0.2) is 17.9 Å². The predicted molar refractivity (Wildman–Crippen MR) is 115 cm³/mol. The normalized spacial score (nSPS) is 22.7. The van der Waals surface area contributed by atoms with Gasteiger partial charge in [-0.2, -0.15) is 13.2 Å². The van der Waals surface area contributed by atoms with Crippen LogP contribution < -0.4 is 9.96 Å². The zero-order chi connectivity index (χ0) is 23.3. The molecule has 0 spiro atoms. The van der Waals surface area contributed by atoms with E-state index in [0.717, 1.165) is 22.6 Å². The smallest absolute Gasteiger partial charge is 0.273 e. The lowest BCUT2D eigenvalue weighted by Crippen LogP contribution is -2.37. The Morgan fingerprint density at radius 2 is 1.52 bits per heavy atom. The highest BCUT2D eigenvalue weighted by molar-refractivity contribution is 6.23. The number of halogens is 3. The second-order valence-corrected chi connectivity index (χ2v) is 8.13. The SMILES string of the molecule is Cc1ccc(N2C(=O)C3ON(c4ccccc4)C(c4cccc(C(F)(F)F)c4)C3C2=O)cc1. The third-order valence-corrected chi connectivity index (χ3v) is 5.97. The average molecular weight is 452 g/mol. The number of carbonyl (C=O) groups excluding carboxylic acids is 2. The number of hydroxylamine groups is 1. The van der Waals surface area contributed by atoms with E-state index in [2.05, 4.69) is 0 Å². The molecule has 2 amide bonds. The lowest BCUT2D eigenvalue weighted by molar-refractivity contribution is -0.137. The minimum atomic E-state index is -4.55. The highest BCUT2D eigenvalue weighted by atomic mass is 19.4.